The smallest absolute Gasteiger partial charge is 0.341 e. The normalized spacial score (nSPS) is 14.6. The SMILES string of the molecule is CN(Cc1nccn1CC(F)(F)F)C(=O)c1nc(N2CCCC2)ncc1Cl. The van der Waals surface area contributed by atoms with Crippen LogP contribution >= 0.6 is 11.6 Å². The van der Waals surface area contributed by atoms with Crippen LogP contribution in [-0.2, 0) is 13.1 Å². The molecule has 27 heavy (non-hydrogen) atoms. The summed E-state index contributed by atoms with van der Waals surface area (Å²) in [5, 5.41) is 0.0911. The van der Waals surface area contributed by atoms with Gasteiger partial charge in [0.15, 0.2) is 5.69 Å². The minimum atomic E-state index is -4.38. The van der Waals surface area contributed by atoms with E-state index in [4.69, 9.17) is 11.6 Å². The molecule has 0 radical (unpaired) electrons. The number of nitrogens with zero attached hydrogens (tertiary/aromatic N) is 6. The maximum atomic E-state index is 12.7. The minimum absolute atomic E-state index is 0.0185. The molecule has 3 heterocycles. The van der Waals surface area contributed by atoms with Crippen LogP contribution in [0.15, 0.2) is 18.6 Å². The molecule has 1 fully saturated rings. The summed E-state index contributed by atoms with van der Waals surface area (Å²) in [6, 6.07) is 0. The van der Waals surface area contributed by atoms with Crippen molar-refractivity contribution >= 4 is 23.5 Å². The minimum Gasteiger partial charge on any atom is -0.341 e. The number of hydrogen-bond donors (Lipinski definition) is 0. The van der Waals surface area contributed by atoms with Crippen molar-refractivity contribution in [3.63, 3.8) is 0 Å². The largest absolute Gasteiger partial charge is 0.406 e. The number of imidazole rings is 1. The molecule has 11 heteroatoms. The van der Waals surface area contributed by atoms with Gasteiger partial charge >= 0.3 is 6.18 Å². The number of hydrogen-bond acceptors (Lipinski definition) is 5. The first-order valence-corrected chi connectivity index (χ1v) is 8.72. The Morgan fingerprint density at radius 3 is 2.67 bits per heavy atom. The second-order valence-corrected chi connectivity index (χ2v) is 6.72. The zero-order chi connectivity index (χ0) is 19.6. The quantitative estimate of drug-likeness (QED) is 0.769. The molecule has 0 aromatic carbocycles. The van der Waals surface area contributed by atoms with Crippen molar-refractivity contribution in [2.45, 2.75) is 32.1 Å². The van der Waals surface area contributed by atoms with Gasteiger partial charge in [-0.2, -0.15) is 13.2 Å². The monoisotopic (exact) mass is 402 g/mol. The Bertz CT molecular complexity index is 819. The highest BCUT2D eigenvalue weighted by Crippen LogP contribution is 2.22. The number of halogens is 4. The number of amides is 1. The van der Waals surface area contributed by atoms with Gasteiger partial charge in [-0.1, -0.05) is 11.6 Å². The zero-order valence-corrected chi connectivity index (χ0v) is 15.3. The summed E-state index contributed by atoms with van der Waals surface area (Å²) in [6.07, 6.45) is 1.54. The van der Waals surface area contributed by atoms with Crippen molar-refractivity contribution < 1.29 is 18.0 Å². The van der Waals surface area contributed by atoms with Gasteiger partial charge in [-0.05, 0) is 12.8 Å². The molecule has 0 N–H and O–H groups in total. The molecule has 1 aliphatic rings. The van der Waals surface area contributed by atoms with Crippen LogP contribution in [0.2, 0.25) is 5.02 Å². The van der Waals surface area contributed by atoms with Crippen LogP contribution in [0.5, 0.6) is 0 Å². The molecule has 0 spiro atoms. The molecule has 2 aromatic rings. The fraction of sp³-hybridized carbons (Fsp3) is 0.500. The molecule has 0 aliphatic carbocycles. The van der Waals surface area contributed by atoms with Crippen LogP contribution < -0.4 is 4.90 Å². The van der Waals surface area contributed by atoms with E-state index in [0.717, 1.165) is 30.5 Å². The van der Waals surface area contributed by atoms with Crippen LogP contribution in [0.1, 0.15) is 29.2 Å². The number of rotatable bonds is 5. The zero-order valence-electron chi connectivity index (χ0n) is 14.6. The molecular weight excluding hydrogens is 385 g/mol. The second kappa shape index (κ2) is 7.71. The maximum Gasteiger partial charge on any atom is 0.406 e. The fourth-order valence-electron chi connectivity index (χ4n) is 2.87. The summed E-state index contributed by atoms with van der Waals surface area (Å²) in [6.45, 7) is 0.332. The molecule has 2 aromatic heterocycles. The number of alkyl halides is 3. The molecule has 0 atom stereocenters. The Kier molecular flexibility index (Phi) is 5.54. The molecule has 1 aliphatic heterocycles. The lowest BCUT2D eigenvalue weighted by Gasteiger charge is -2.20. The topological polar surface area (TPSA) is 67.2 Å². The Morgan fingerprint density at radius 2 is 2.00 bits per heavy atom. The van der Waals surface area contributed by atoms with Crippen molar-refractivity contribution in [3.8, 4) is 0 Å². The Hall–Kier alpha value is -2.36. The number of carbonyl (C=O) groups excluding carboxylic acids is 1. The van der Waals surface area contributed by atoms with Crippen molar-refractivity contribution in [1.82, 2.24) is 24.4 Å². The predicted molar refractivity (Wildman–Crippen MR) is 92.6 cm³/mol. The van der Waals surface area contributed by atoms with E-state index in [-0.39, 0.29) is 23.1 Å². The van der Waals surface area contributed by atoms with Gasteiger partial charge in [-0.3, -0.25) is 4.79 Å². The molecule has 146 valence electrons. The number of anilines is 1. The lowest BCUT2D eigenvalue weighted by molar-refractivity contribution is -0.141. The average Bonchev–Trinajstić information content (AvgIpc) is 3.26. The van der Waals surface area contributed by atoms with Gasteiger partial charge in [0.25, 0.3) is 5.91 Å². The summed E-state index contributed by atoms with van der Waals surface area (Å²) >= 11 is 6.08. The first kappa shape index (κ1) is 19.4. The summed E-state index contributed by atoms with van der Waals surface area (Å²) in [4.78, 5) is 28.3. The predicted octanol–water partition coefficient (Wildman–Crippen LogP) is 2.76. The van der Waals surface area contributed by atoms with E-state index in [9.17, 15) is 18.0 Å². The Morgan fingerprint density at radius 1 is 1.30 bits per heavy atom. The van der Waals surface area contributed by atoms with Crippen LogP contribution in [0.4, 0.5) is 19.1 Å². The van der Waals surface area contributed by atoms with Crippen molar-refractivity contribution in [3.05, 3.63) is 35.1 Å². The molecule has 0 saturated carbocycles. The van der Waals surface area contributed by atoms with Crippen molar-refractivity contribution in [1.29, 1.82) is 0 Å². The van der Waals surface area contributed by atoms with E-state index < -0.39 is 18.6 Å². The van der Waals surface area contributed by atoms with E-state index in [1.54, 1.807) is 0 Å². The van der Waals surface area contributed by atoms with Gasteiger partial charge in [0.2, 0.25) is 5.95 Å². The standard InChI is InChI=1S/C16H18ClF3N6O/c1-24(9-12-21-4-7-26(12)10-16(18,19)20)14(27)13-11(17)8-22-15(23-13)25-5-2-3-6-25/h4,7-8H,2-3,5-6,9-10H2,1H3. The average molecular weight is 403 g/mol. The van der Waals surface area contributed by atoms with E-state index in [1.807, 2.05) is 4.90 Å². The first-order chi connectivity index (χ1) is 12.7. The molecule has 7 nitrogen and oxygen atoms in total. The third kappa shape index (κ3) is 4.68. The van der Waals surface area contributed by atoms with E-state index in [2.05, 4.69) is 15.0 Å². The molecule has 3 rings (SSSR count). The summed E-state index contributed by atoms with van der Waals surface area (Å²) in [7, 11) is 1.46. The van der Waals surface area contributed by atoms with Gasteiger partial charge in [-0.25, -0.2) is 15.0 Å². The number of aromatic nitrogens is 4. The van der Waals surface area contributed by atoms with E-state index in [1.165, 1.54) is 30.5 Å². The van der Waals surface area contributed by atoms with Gasteiger partial charge < -0.3 is 14.4 Å². The van der Waals surface area contributed by atoms with Crippen molar-refractivity contribution in [2.24, 2.45) is 0 Å². The fourth-order valence-corrected chi connectivity index (χ4v) is 3.04. The molecular formula is C16H18ClF3N6O. The van der Waals surface area contributed by atoms with Gasteiger partial charge in [0.1, 0.15) is 12.4 Å². The van der Waals surface area contributed by atoms with E-state index in [0.29, 0.717) is 5.95 Å². The van der Waals surface area contributed by atoms with Crippen LogP contribution in [-0.4, -0.2) is 56.6 Å². The molecule has 1 saturated heterocycles. The maximum absolute atomic E-state index is 12.7. The summed E-state index contributed by atoms with van der Waals surface area (Å²) in [5.74, 6) is 0.0322. The van der Waals surface area contributed by atoms with Crippen LogP contribution in [0, 0.1) is 0 Å². The van der Waals surface area contributed by atoms with Gasteiger partial charge in [0.05, 0.1) is 17.8 Å². The highest BCUT2D eigenvalue weighted by atomic mass is 35.5. The van der Waals surface area contributed by atoms with Crippen LogP contribution in [0.25, 0.3) is 0 Å². The lowest BCUT2D eigenvalue weighted by atomic mass is 10.3. The lowest BCUT2D eigenvalue weighted by Crippen LogP contribution is -2.30. The first-order valence-electron chi connectivity index (χ1n) is 8.34. The van der Waals surface area contributed by atoms with Gasteiger partial charge in [0, 0.05) is 32.5 Å². The van der Waals surface area contributed by atoms with Crippen LogP contribution in [0.3, 0.4) is 0 Å². The highest BCUT2D eigenvalue weighted by molar-refractivity contribution is 6.33. The molecule has 1 amide bonds. The van der Waals surface area contributed by atoms with Crippen molar-refractivity contribution in [2.75, 3.05) is 25.0 Å². The Balaban J connectivity index is 1.76. The Labute approximate surface area is 158 Å². The third-order valence-corrected chi connectivity index (χ3v) is 4.48. The number of carbonyl (C=O) groups is 1. The third-order valence-electron chi connectivity index (χ3n) is 4.20. The molecule has 0 bridgehead atoms. The summed E-state index contributed by atoms with van der Waals surface area (Å²) < 4.78 is 38.9. The van der Waals surface area contributed by atoms with Gasteiger partial charge in [-0.15, -0.1) is 0 Å². The highest BCUT2D eigenvalue weighted by Gasteiger charge is 2.29. The molecule has 0 unspecified atom stereocenters. The second-order valence-electron chi connectivity index (χ2n) is 6.31. The van der Waals surface area contributed by atoms with E-state index >= 15 is 0 Å². The summed E-state index contributed by atoms with van der Waals surface area (Å²) in [5.41, 5.74) is 0.0185.